The first-order chi connectivity index (χ1) is 15.1. The quantitative estimate of drug-likeness (QED) is 0.575. The van der Waals surface area contributed by atoms with E-state index in [9.17, 15) is 9.59 Å². The van der Waals surface area contributed by atoms with Crippen molar-refractivity contribution < 1.29 is 14.7 Å². The molecule has 1 aromatic heterocycles. The van der Waals surface area contributed by atoms with Crippen LogP contribution in [0.5, 0.6) is 0 Å². The van der Waals surface area contributed by atoms with Crippen LogP contribution in [-0.2, 0) is 4.79 Å². The molecule has 0 aliphatic carbocycles. The lowest BCUT2D eigenvalue weighted by Gasteiger charge is -2.11. The minimum atomic E-state index is -1.01. The molecule has 0 saturated heterocycles. The number of imidazole rings is 1. The van der Waals surface area contributed by atoms with E-state index < -0.39 is 5.97 Å². The van der Waals surface area contributed by atoms with Gasteiger partial charge in [0.1, 0.15) is 0 Å². The summed E-state index contributed by atoms with van der Waals surface area (Å²) >= 11 is 0. The van der Waals surface area contributed by atoms with Crippen molar-refractivity contribution in [2.45, 2.75) is 26.2 Å². The molecule has 0 bridgehead atoms. The number of carboxylic acids is 1. The molecule has 7 heteroatoms. The maximum absolute atomic E-state index is 13.2. The zero-order valence-corrected chi connectivity index (χ0v) is 17.1. The van der Waals surface area contributed by atoms with Crippen molar-refractivity contribution in [2.24, 2.45) is 5.10 Å². The highest BCUT2D eigenvalue weighted by molar-refractivity contribution is 6.32. The fraction of sp³-hybridized carbons (Fsp3) is 0.167. The van der Waals surface area contributed by atoms with Gasteiger partial charge in [0.2, 0.25) is 0 Å². The molecule has 0 unspecified atom stereocenters. The van der Waals surface area contributed by atoms with E-state index in [1.54, 1.807) is 24.7 Å². The van der Waals surface area contributed by atoms with Crippen molar-refractivity contribution in [3.63, 3.8) is 0 Å². The van der Waals surface area contributed by atoms with Crippen LogP contribution >= 0.6 is 0 Å². The molecule has 3 aromatic rings. The van der Waals surface area contributed by atoms with Crippen LogP contribution in [-0.4, -0.2) is 32.2 Å². The molecule has 0 fully saturated rings. The van der Waals surface area contributed by atoms with Gasteiger partial charge >= 0.3 is 5.97 Å². The van der Waals surface area contributed by atoms with E-state index in [-0.39, 0.29) is 11.5 Å². The number of carbonyl (C=O) groups is 2. The summed E-state index contributed by atoms with van der Waals surface area (Å²) in [5.74, 6) is -1.22. The fourth-order valence-electron chi connectivity index (χ4n) is 3.37. The van der Waals surface area contributed by atoms with Gasteiger partial charge in [-0.15, -0.1) is 0 Å². The lowest BCUT2D eigenvalue weighted by atomic mass is 10.0. The van der Waals surface area contributed by atoms with E-state index in [0.717, 1.165) is 29.8 Å². The Morgan fingerprint density at radius 1 is 1.06 bits per heavy atom. The van der Waals surface area contributed by atoms with Crippen LogP contribution in [0.3, 0.4) is 0 Å². The molecule has 4 rings (SSSR count). The Kier molecular flexibility index (Phi) is 5.75. The third-order valence-electron chi connectivity index (χ3n) is 5.09. The van der Waals surface area contributed by atoms with E-state index in [1.807, 2.05) is 41.1 Å². The minimum Gasteiger partial charge on any atom is -0.478 e. The number of anilines is 1. The molecule has 2 aromatic carbocycles. The van der Waals surface area contributed by atoms with Gasteiger partial charge in [-0.2, -0.15) is 10.1 Å². The summed E-state index contributed by atoms with van der Waals surface area (Å²) in [5.41, 5.74) is 3.90. The zero-order valence-electron chi connectivity index (χ0n) is 17.1. The van der Waals surface area contributed by atoms with Gasteiger partial charge in [-0.1, -0.05) is 25.5 Å². The van der Waals surface area contributed by atoms with E-state index in [4.69, 9.17) is 5.11 Å². The summed E-state index contributed by atoms with van der Waals surface area (Å²) < 4.78 is 1.91. The number of unbranched alkanes of at least 4 members (excludes halogenated alkanes) is 1. The van der Waals surface area contributed by atoms with Gasteiger partial charge in [-0.05, 0) is 60.9 Å². The number of carboxylic acid groups (broad SMARTS) is 1. The predicted molar refractivity (Wildman–Crippen MR) is 119 cm³/mol. The van der Waals surface area contributed by atoms with Crippen LogP contribution in [0.2, 0.25) is 0 Å². The Hall–Kier alpha value is -4.00. The highest BCUT2D eigenvalue weighted by Crippen LogP contribution is 2.27. The van der Waals surface area contributed by atoms with E-state index >= 15 is 0 Å². The number of hydrazone groups is 1. The summed E-state index contributed by atoms with van der Waals surface area (Å²) in [5, 5.41) is 15.0. The van der Waals surface area contributed by atoms with Gasteiger partial charge in [0.05, 0.1) is 28.9 Å². The van der Waals surface area contributed by atoms with E-state index in [2.05, 4.69) is 17.0 Å². The van der Waals surface area contributed by atoms with Crippen LogP contribution in [0.15, 0.2) is 77.9 Å². The lowest BCUT2D eigenvalue weighted by molar-refractivity contribution is -0.114. The number of aromatic nitrogens is 2. The number of hydrogen-bond donors (Lipinski definition) is 1. The molecule has 156 valence electrons. The largest absolute Gasteiger partial charge is 0.478 e. The summed E-state index contributed by atoms with van der Waals surface area (Å²) in [7, 11) is 0. The molecule has 1 N–H and O–H groups in total. The SMILES string of the molecule is CCCCC1=NN(c2ccc(C(=O)O)cc2)C(=O)/C1=C\c1ccc(-n2ccnc2)cc1. The normalized spacial score (nSPS) is 14.9. The number of aromatic carboxylic acids is 1. The second-order valence-electron chi connectivity index (χ2n) is 7.24. The summed E-state index contributed by atoms with van der Waals surface area (Å²) in [6.07, 6.45) is 9.81. The molecule has 31 heavy (non-hydrogen) atoms. The highest BCUT2D eigenvalue weighted by atomic mass is 16.4. The Morgan fingerprint density at radius 2 is 1.77 bits per heavy atom. The van der Waals surface area contributed by atoms with Crippen molar-refractivity contribution in [2.75, 3.05) is 5.01 Å². The van der Waals surface area contributed by atoms with Gasteiger partial charge in [-0.3, -0.25) is 4.79 Å². The summed E-state index contributed by atoms with van der Waals surface area (Å²) in [6, 6.07) is 14.0. The number of nitrogens with zero attached hydrogens (tertiary/aromatic N) is 4. The Bertz CT molecular complexity index is 1140. The second-order valence-corrected chi connectivity index (χ2v) is 7.24. The Labute approximate surface area is 180 Å². The van der Waals surface area contributed by atoms with Crippen LogP contribution in [0.1, 0.15) is 42.1 Å². The number of benzene rings is 2. The maximum Gasteiger partial charge on any atom is 0.335 e. The zero-order chi connectivity index (χ0) is 21.8. The smallest absolute Gasteiger partial charge is 0.335 e. The lowest BCUT2D eigenvalue weighted by Crippen LogP contribution is -2.21. The van der Waals surface area contributed by atoms with Crippen molar-refractivity contribution in [3.8, 4) is 5.69 Å². The van der Waals surface area contributed by atoms with Crippen LogP contribution < -0.4 is 5.01 Å². The van der Waals surface area contributed by atoms with Gasteiger partial charge in [-0.25, -0.2) is 9.78 Å². The van der Waals surface area contributed by atoms with Gasteiger partial charge in [0, 0.05) is 18.1 Å². The molecule has 0 spiro atoms. The van der Waals surface area contributed by atoms with Crippen molar-refractivity contribution >= 4 is 29.4 Å². The van der Waals surface area contributed by atoms with Gasteiger partial charge in [0.25, 0.3) is 5.91 Å². The molecule has 0 atom stereocenters. The maximum atomic E-state index is 13.2. The molecule has 1 aliphatic heterocycles. The number of carbonyl (C=O) groups excluding carboxylic acids is 1. The van der Waals surface area contributed by atoms with Crippen LogP contribution in [0.25, 0.3) is 11.8 Å². The molecule has 2 heterocycles. The standard InChI is InChI=1S/C24H22N4O3/c1-2-3-4-22-21(15-17-5-9-19(10-6-17)27-14-13-25-16-27)23(29)28(26-22)20-11-7-18(8-12-20)24(30)31/h5-16H,2-4H2,1H3,(H,30,31)/b21-15-. The fourth-order valence-corrected chi connectivity index (χ4v) is 3.37. The number of rotatable bonds is 7. The van der Waals surface area contributed by atoms with E-state index in [0.29, 0.717) is 17.7 Å². The molecule has 7 nitrogen and oxygen atoms in total. The van der Waals surface area contributed by atoms with Gasteiger partial charge < -0.3 is 9.67 Å². The van der Waals surface area contributed by atoms with E-state index in [1.165, 1.54) is 17.1 Å². The molecular weight excluding hydrogens is 392 g/mol. The monoisotopic (exact) mass is 414 g/mol. The minimum absolute atomic E-state index is 0.166. The highest BCUT2D eigenvalue weighted by Gasteiger charge is 2.30. The molecule has 0 saturated carbocycles. The first kappa shape index (κ1) is 20.3. The molecule has 0 radical (unpaired) electrons. The van der Waals surface area contributed by atoms with Crippen molar-refractivity contribution in [1.29, 1.82) is 0 Å². The van der Waals surface area contributed by atoms with Gasteiger partial charge in [0.15, 0.2) is 0 Å². The topological polar surface area (TPSA) is 87.8 Å². The average Bonchev–Trinajstić information content (AvgIpc) is 3.42. The molecule has 1 aliphatic rings. The Morgan fingerprint density at radius 3 is 2.39 bits per heavy atom. The first-order valence-corrected chi connectivity index (χ1v) is 10.1. The predicted octanol–water partition coefficient (Wildman–Crippen LogP) is 4.55. The first-order valence-electron chi connectivity index (χ1n) is 10.1. The molecule has 1 amide bonds. The van der Waals surface area contributed by atoms with Crippen molar-refractivity contribution in [3.05, 3.63) is 84.0 Å². The van der Waals surface area contributed by atoms with Crippen LogP contribution in [0, 0.1) is 0 Å². The molecular formula is C24H22N4O3. The third kappa shape index (κ3) is 4.30. The average molecular weight is 414 g/mol. The summed E-state index contributed by atoms with van der Waals surface area (Å²) in [6.45, 7) is 2.10. The third-order valence-corrected chi connectivity index (χ3v) is 5.09. The second kappa shape index (κ2) is 8.79. The number of hydrogen-bond acceptors (Lipinski definition) is 4. The number of amides is 1. The van der Waals surface area contributed by atoms with Crippen LogP contribution in [0.4, 0.5) is 5.69 Å². The van der Waals surface area contributed by atoms with Crippen molar-refractivity contribution in [1.82, 2.24) is 9.55 Å². The Balaban J connectivity index is 1.63. The summed E-state index contributed by atoms with van der Waals surface area (Å²) in [4.78, 5) is 28.3.